The van der Waals surface area contributed by atoms with Crippen LogP contribution in [0.3, 0.4) is 0 Å². The van der Waals surface area contributed by atoms with Crippen LogP contribution in [0.25, 0.3) is 0 Å². The van der Waals surface area contributed by atoms with E-state index < -0.39 is 0 Å². The van der Waals surface area contributed by atoms with Crippen LogP contribution in [-0.2, 0) is 0 Å². The van der Waals surface area contributed by atoms with Gasteiger partial charge in [0.2, 0.25) is 0 Å². The van der Waals surface area contributed by atoms with Gasteiger partial charge < -0.3 is 5.32 Å². The SMILES string of the molecule is CC(C#N)Nc1ccccc1C(C)C. The molecule has 2 heteroatoms. The zero-order chi connectivity index (χ0) is 10.6. The van der Waals surface area contributed by atoms with Crippen LogP contribution in [0.4, 0.5) is 5.69 Å². The van der Waals surface area contributed by atoms with Gasteiger partial charge in [0, 0.05) is 5.69 Å². The molecule has 0 radical (unpaired) electrons. The highest BCUT2D eigenvalue weighted by Crippen LogP contribution is 2.23. The van der Waals surface area contributed by atoms with E-state index in [1.807, 2.05) is 25.1 Å². The molecular formula is C12H16N2. The van der Waals surface area contributed by atoms with Crippen LogP contribution in [0.5, 0.6) is 0 Å². The summed E-state index contributed by atoms with van der Waals surface area (Å²) < 4.78 is 0. The van der Waals surface area contributed by atoms with Gasteiger partial charge in [-0.15, -0.1) is 0 Å². The van der Waals surface area contributed by atoms with Crippen molar-refractivity contribution in [1.82, 2.24) is 0 Å². The fourth-order valence-electron chi connectivity index (χ4n) is 1.40. The molecule has 0 aliphatic rings. The van der Waals surface area contributed by atoms with Gasteiger partial charge in [-0.3, -0.25) is 0 Å². The Bertz CT molecular complexity index is 336. The van der Waals surface area contributed by atoms with Crippen molar-refractivity contribution in [2.45, 2.75) is 32.7 Å². The van der Waals surface area contributed by atoms with Crippen molar-refractivity contribution in [3.05, 3.63) is 29.8 Å². The second-order valence-electron chi connectivity index (χ2n) is 3.74. The Balaban J connectivity index is 2.91. The molecule has 1 aromatic carbocycles. The van der Waals surface area contributed by atoms with Crippen molar-refractivity contribution in [3.8, 4) is 6.07 Å². The summed E-state index contributed by atoms with van der Waals surface area (Å²) in [4.78, 5) is 0. The van der Waals surface area contributed by atoms with E-state index >= 15 is 0 Å². The molecule has 0 fully saturated rings. The summed E-state index contributed by atoms with van der Waals surface area (Å²) in [7, 11) is 0. The number of hydrogen-bond donors (Lipinski definition) is 1. The lowest BCUT2D eigenvalue weighted by molar-refractivity contribution is 0.861. The summed E-state index contributed by atoms with van der Waals surface area (Å²) in [6.07, 6.45) is 0. The Morgan fingerprint density at radius 3 is 2.43 bits per heavy atom. The first-order valence-corrected chi connectivity index (χ1v) is 4.90. The molecule has 0 saturated carbocycles. The summed E-state index contributed by atoms with van der Waals surface area (Å²) >= 11 is 0. The molecule has 1 rings (SSSR count). The van der Waals surface area contributed by atoms with E-state index in [2.05, 4.69) is 31.3 Å². The molecule has 1 unspecified atom stereocenters. The van der Waals surface area contributed by atoms with E-state index in [4.69, 9.17) is 5.26 Å². The highest BCUT2D eigenvalue weighted by molar-refractivity contribution is 5.53. The average molecular weight is 188 g/mol. The van der Waals surface area contributed by atoms with E-state index in [0.29, 0.717) is 5.92 Å². The van der Waals surface area contributed by atoms with Crippen LogP contribution < -0.4 is 5.32 Å². The smallest absolute Gasteiger partial charge is 0.111 e. The van der Waals surface area contributed by atoms with Crippen LogP contribution in [-0.4, -0.2) is 6.04 Å². The normalized spacial score (nSPS) is 12.2. The summed E-state index contributed by atoms with van der Waals surface area (Å²) in [6.45, 7) is 6.16. The number of nitrogens with one attached hydrogen (secondary N) is 1. The van der Waals surface area contributed by atoms with Crippen LogP contribution in [0.2, 0.25) is 0 Å². The molecule has 14 heavy (non-hydrogen) atoms. The molecular weight excluding hydrogens is 172 g/mol. The highest BCUT2D eigenvalue weighted by atomic mass is 14.9. The van der Waals surface area contributed by atoms with Crippen LogP contribution in [0, 0.1) is 11.3 Å². The summed E-state index contributed by atoms with van der Waals surface area (Å²) in [5.41, 5.74) is 2.33. The maximum atomic E-state index is 8.71. The van der Waals surface area contributed by atoms with Gasteiger partial charge in [0.25, 0.3) is 0 Å². The van der Waals surface area contributed by atoms with Crippen molar-refractivity contribution >= 4 is 5.69 Å². The topological polar surface area (TPSA) is 35.8 Å². The fraction of sp³-hybridized carbons (Fsp3) is 0.417. The average Bonchev–Trinajstić information content (AvgIpc) is 2.18. The lowest BCUT2D eigenvalue weighted by Crippen LogP contribution is -2.13. The lowest BCUT2D eigenvalue weighted by Gasteiger charge is -2.15. The number of nitriles is 1. The van der Waals surface area contributed by atoms with Crippen molar-refractivity contribution in [2.24, 2.45) is 0 Å². The van der Waals surface area contributed by atoms with Gasteiger partial charge in [-0.1, -0.05) is 32.0 Å². The molecule has 0 bridgehead atoms. The summed E-state index contributed by atoms with van der Waals surface area (Å²) in [5, 5.41) is 11.9. The largest absolute Gasteiger partial charge is 0.370 e. The van der Waals surface area contributed by atoms with E-state index in [9.17, 15) is 0 Å². The van der Waals surface area contributed by atoms with Crippen LogP contribution in [0.15, 0.2) is 24.3 Å². The number of para-hydroxylation sites is 1. The Labute approximate surface area is 85.6 Å². The molecule has 0 spiro atoms. The third-order valence-corrected chi connectivity index (χ3v) is 2.15. The van der Waals surface area contributed by atoms with Crippen molar-refractivity contribution in [1.29, 1.82) is 5.26 Å². The first-order valence-electron chi connectivity index (χ1n) is 4.90. The number of anilines is 1. The predicted octanol–water partition coefficient (Wildman–Crippen LogP) is 3.13. The zero-order valence-corrected chi connectivity index (χ0v) is 8.91. The van der Waals surface area contributed by atoms with Gasteiger partial charge in [-0.25, -0.2) is 0 Å². The van der Waals surface area contributed by atoms with Gasteiger partial charge in [0.05, 0.1) is 6.07 Å². The first kappa shape index (κ1) is 10.6. The van der Waals surface area contributed by atoms with Gasteiger partial charge in [-0.2, -0.15) is 5.26 Å². The molecule has 0 heterocycles. The molecule has 1 aromatic rings. The molecule has 1 atom stereocenters. The molecule has 0 amide bonds. The second kappa shape index (κ2) is 4.66. The lowest BCUT2D eigenvalue weighted by atomic mass is 10.0. The number of hydrogen-bond acceptors (Lipinski definition) is 2. The zero-order valence-electron chi connectivity index (χ0n) is 8.91. The third-order valence-electron chi connectivity index (χ3n) is 2.15. The Kier molecular flexibility index (Phi) is 3.53. The maximum Gasteiger partial charge on any atom is 0.111 e. The Hall–Kier alpha value is -1.49. The van der Waals surface area contributed by atoms with E-state index in [-0.39, 0.29) is 6.04 Å². The van der Waals surface area contributed by atoms with Gasteiger partial charge in [-0.05, 0) is 24.5 Å². The van der Waals surface area contributed by atoms with Crippen molar-refractivity contribution in [3.63, 3.8) is 0 Å². The second-order valence-corrected chi connectivity index (χ2v) is 3.74. The summed E-state index contributed by atoms with van der Waals surface area (Å²) in [6, 6.07) is 10.1. The Morgan fingerprint density at radius 2 is 1.86 bits per heavy atom. The fourth-order valence-corrected chi connectivity index (χ4v) is 1.40. The molecule has 0 aromatic heterocycles. The number of rotatable bonds is 3. The molecule has 0 aliphatic heterocycles. The molecule has 2 nitrogen and oxygen atoms in total. The standard InChI is InChI=1S/C12H16N2/c1-9(2)11-6-4-5-7-12(11)14-10(3)8-13/h4-7,9-10,14H,1-3H3. The third kappa shape index (κ3) is 2.50. The monoisotopic (exact) mass is 188 g/mol. The minimum absolute atomic E-state index is 0.144. The van der Waals surface area contributed by atoms with E-state index in [1.54, 1.807) is 0 Å². The highest BCUT2D eigenvalue weighted by Gasteiger charge is 2.07. The number of nitrogens with zero attached hydrogens (tertiary/aromatic N) is 1. The molecule has 0 aliphatic carbocycles. The van der Waals surface area contributed by atoms with Crippen molar-refractivity contribution < 1.29 is 0 Å². The van der Waals surface area contributed by atoms with Gasteiger partial charge >= 0.3 is 0 Å². The van der Waals surface area contributed by atoms with E-state index in [0.717, 1.165) is 5.69 Å². The quantitative estimate of drug-likeness (QED) is 0.791. The van der Waals surface area contributed by atoms with Crippen LogP contribution in [0.1, 0.15) is 32.3 Å². The molecule has 0 saturated heterocycles. The molecule has 1 N–H and O–H groups in total. The summed E-state index contributed by atoms with van der Waals surface area (Å²) in [5.74, 6) is 0.476. The van der Waals surface area contributed by atoms with Gasteiger partial charge in [0.15, 0.2) is 0 Å². The first-order chi connectivity index (χ1) is 6.65. The van der Waals surface area contributed by atoms with E-state index in [1.165, 1.54) is 5.56 Å². The minimum atomic E-state index is -0.144. The number of benzene rings is 1. The van der Waals surface area contributed by atoms with Gasteiger partial charge in [0.1, 0.15) is 6.04 Å². The van der Waals surface area contributed by atoms with Crippen molar-refractivity contribution in [2.75, 3.05) is 5.32 Å². The minimum Gasteiger partial charge on any atom is -0.370 e. The van der Waals surface area contributed by atoms with Crippen LogP contribution >= 0.6 is 0 Å². The Morgan fingerprint density at radius 1 is 1.21 bits per heavy atom. The predicted molar refractivity (Wildman–Crippen MR) is 59.2 cm³/mol. The molecule has 74 valence electrons. The maximum absolute atomic E-state index is 8.71.